The summed E-state index contributed by atoms with van der Waals surface area (Å²) < 4.78 is 23.6. The number of unbranched alkanes of at least 4 members (excludes halogenated alkanes) is 1. The second-order valence-corrected chi connectivity index (χ2v) is 9.14. The number of rotatable bonds is 10. The molecule has 34 heavy (non-hydrogen) atoms. The van der Waals surface area contributed by atoms with E-state index in [9.17, 15) is 4.79 Å². The Hall–Kier alpha value is -2.84. The van der Waals surface area contributed by atoms with Gasteiger partial charge in [0.2, 0.25) is 6.79 Å². The van der Waals surface area contributed by atoms with E-state index in [1.165, 1.54) is 11.8 Å². The number of carbonyl (C=O) groups is 1. The van der Waals surface area contributed by atoms with Crippen molar-refractivity contribution in [1.29, 1.82) is 0 Å². The number of ether oxygens (including phenoxy) is 4. The van der Waals surface area contributed by atoms with Crippen LogP contribution < -0.4 is 14.2 Å². The summed E-state index contributed by atoms with van der Waals surface area (Å²) in [5.74, 6) is 2.42. The number of carbonyl (C=O) groups excluding carboxylic acids is 1. The van der Waals surface area contributed by atoms with Crippen molar-refractivity contribution in [2.45, 2.75) is 49.6 Å². The van der Waals surface area contributed by atoms with Crippen LogP contribution in [0.25, 0.3) is 0 Å². The van der Waals surface area contributed by atoms with E-state index < -0.39 is 5.97 Å². The monoisotopic (exact) mass is 502 g/mol. The molecule has 1 aromatic heterocycles. The Morgan fingerprint density at radius 3 is 2.59 bits per heavy atom. The first-order valence-electron chi connectivity index (χ1n) is 11.2. The Kier molecular flexibility index (Phi) is 7.90. The minimum atomic E-state index is -0.411. The average molecular weight is 503 g/mol. The number of benzene rings is 2. The number of nitrogens with zero attached hydrogens (tertiary/aromatic N) is 2. The number of hydrogen-bond donors (Lipinski definition) is 0. The molecule has 0 fully saturated rings. The number of methoxy groups -OCH3 is 1. The lowest BCUT2D eigenvalue weighted by atomic mass is 10.2. The van der Waals surface area contributed by atoms with Crippen molar-refractivity contribution in [3.63, 3.8) is 0 Å². The molecule has 0 aliphatic carbocycles. The predicted octanol–water partition coefficient (Wildman–Crippen LogP) is 5.99. The maximum atomic E-state index is 13.1. The minimum Gasteiger partial charge on any atom is -0.497 e. The van der Waals surface area contributed by atoms with Gasteiger partial charge in [-0.1, -0.05) is 36.7 Å². The molecular formula is C25H27ClN2O5S. The van der Waals surface area contributed by atoms with E-state index in [0.29, 0.717) is 33.8 Å². The van der Waals surface area contributed by atoms with Crippen LogP contribution in [0.3, 0.4) is 0 Å². The van der Waals surface area contributed by atoms with Gasteiger partial charge in [-0.2, -0.15) is 0 Å². The van der Waals surface area contributed by atoms with Gasteiger partial charge in [0.1, 0.15) is 16.6 Å². The van der Waals surface area contributed by atoms with Gasteiger partial charge >= 0.3 is 5.97 Å². The first kappa shape index (κ1) is 24.3. The second kappa shape index (κ2) is 11.1. The number of fused-ring (bicyclic) bond motifs is 1. The van der Waals surface area contributed by atoms with Crippen molar-refractivity contribution in [2.24, 2.45) is 0 Å². The Morgan fingerprint density at radius 2 is 1.91 bits per heavy atom. The molecule has 4 rings (SSSR count). The van der Waals surface area contributed by atoms with Crippen LogP contribution in [0, 0.1) is 0 Å². The lowest BCUT2D eigenvalue weighted by molar-refractivity contribution is 0.0509. The summed E-state index contributed by atoms with van der Waals surface area (Å²) in [4.78, 5) is 19.0. The lowest BCUT2D eigenvalue weighted by Crippen LogP contribution is -2.16. The fourth-order valence-electron chi connectivity index (χ4n) is 3.65. The van der Waals surface area contributed by atoms with Crippen LogP contribution in [0.5, 0.6) is 17.2 Å². The van der Waals surface area contributed by atoms with E-state index in [0.717, 1.165) is 41.3 Å². The number of aromatic nitrogens is 2. The molecule has 180 valence electrons. The molecule has 7 nitrogen and oxygen atoms in total. The van der Waals surface area contributed by atoms with Crippen LogP contribution in [0.15, 0.2) is 46.3 Å². The molecule has 3 aromatic rings. The van der Waals surface area contributed by atoms with Crippen molar-refractivity contribution in [3.8, 4) is 17.2 Å². The zero-order chi connectivity index (χ0) is 24.1. The predicted molar refractivity (Wildman–Crippen MR) is 131 cm³/mol. The molecule has 1 aliphatic heterocycles. The summed E-state index contributed by atoms with van der Waals surface area (Å²) in [5, 5.41) is 1.14. The summed E-state index contributed by atoms with van der Waals surface area (Å²) in [6.45, 7) is 4.71. The van der Waals surface area contributed by atoms with Gasteiger partial charge in [0.05, 0.1) is 20.3 Å². The average Bonchev–Trinajstić information content (AvgIpc) is 3.42. The van der Waals surface area contributed by atoms with Crippen LogP contribution in [0.4, 0.5) is 0 Å². The van der Waals surface area contributed by atoms with Gasteiger partial charge in [0, 0.05) is 22.4 Å². The summed E-state index contributed by atoms with van der Waals surface area (Å²) >= 11 is 8.00. The molecule has 1 aliphatic rings. The smallest absolute Gasteiger partial charge is 0.357 e. The summed E-state index contributed by atoms with van der Waals surface area (Å²) in [5.41, 5.74) is 1.23. The summed E-state index contributed by atoms with van der Waals surface area (Å²) in [6.07, 6.45) is 2.68. The Bertz CT molecular complexity index is 1160. The van der Waals surface area contributed by atoms with Gasteiger partial charge in [0.15, 0.2) is 17.2 Å². The van der Waals surface area contributed by atoms with Crippen LogP contribution in [0.1, 0.15) is 48.6 Å². The molecule has 0 saturated carbocycles. The molecule has 0 saturated heterocycles. The molecule has 2 aromatic carbocycles. The minimum absolute atomic E-state index is 0.165. The van der Waals surface area contributed by atoms with Gasteiger partial charge in [-0.3, -0.25) is 0 Å². The molecule has 2 heterocycles. The van der Waals surface area contributed by atoms with Gasteiger partial charge in [-0.15, -0.1) is 0 Å². The van der Waals surface area contributed by atoms with Crippen molar-refractivity contribution in [1.82, 2.24) is 9.55 Å². The normalized spacial score (nSPS) is 12.1. The fourth-order valence-corrected chi connectivity index (χ4v) is 4.80. The molecule has 0 atom stereocenters. The van der Waals surface area contributed by atoms with Crippen molar-refractivity contribution in [3.05, 3.63) is 58.5 Å². The van der Waals surface area contributed by atoms with Crippen molar-refractivity contribution < 1.29 is 23.7 Å². The molecular weight excluding hydrogens is 476 g/mol. The van der Waals surface area contributed by atoms with Gasteiger partial charge in [-0.25, -0.2) is 9.78 Å². The maximum absolute atomic E-state index is 13.1. The van der Waals surface area contributed by atoms with E-state index in [1.54, 1.807) is 20.1 Å². The molecule has 0 N–H and O–H groups in total. The quantitative estimate of drug-likeness (QED) is 0.315. The Balaban J connectivity index is 1.76. The van der Waals surface area contributed by atoms with Crippen LogP contribution >= 0.6 is 23.4 Å². The molecule has 0 unspecified atom stereocenters. The number of halogens is 1. The molecule has 0 bridgehead atoms. The molecule has 0 amide bonds. The van der Waals surface area contributed by atoms with Crippen LogP contribution in [-0.4, -0.2) is 36.0 Å². The highest BCUT2D eigenvalue weighted by molar-refractivity contribution is 7.99. The third-order valence-electron chi connectivity index (χ3n) is 5.38. The van der Waals surface area contributed by atoms with Gasteiger partial charge in [-0.05, 0) is 49.2 Å². The van der Waals surface area contributed by atoms with Gasteiger partial charge < -0.3 is 23.5 Å². The van der Waals surface area contributed by atoms with Gasteiger partial charge in [0.25, 0.3) is 0 Å². The third-order valence-corrected chi connectivity index (χ3v) is 6.72. The largest absolute Gasteiger partial charge is 0.497 e. The number of imidazole rings is 1. The fraction of sp³-hybridized carbons (Fsp3) is 0.360. The topological polar surface area (TPSA) is 71.8 Å². The van der Waals surface area contributed by atoms with Crippen LogP contribution in [-0.2, 0) is 17.7 Å². The van der Waals surface area contributed by atoms with Crippen molar-refractivity contribution in [2.75, 3.05) is 20.5 Å². The first-order valence-corrected chi connectivity index (χ1v) is 12.4. The highest BCUT2D eigenvalue weighted by Crippen LogP contribution is 2.38. The van der Waals surface area contributed by atoms with E-state index >= 15 is 0 Å². The highest BCUT2D eigenvalue weighted by atomic mass is 35.5. The number of hydrogen-bond acceptors (Lipinski definition) is 7. The summed E-state index contributed by atoms with van der Waals surface area (Å²) in [6, 6.07) is 11.3. The van der Waals surface area contributed by atoms with E-state index in [2.05, 4.69) is 6.92 Å². The molecule has 0 radical (unpaired) electrons. The van der Waals surface area contributed by atoms with E-state index in [1.807, 2.05) is 34.9 Å². The van der Waals surface area contributed by atoms with E-state index in [-0.39, 0.29) is 13.4 Å². The second-order valence-electron chi connectivity index (χ2n) is 7.67. The first-order chi connectivity index (χ1) is 16.5. The zero-order valence-electron chi connectivity index (χ0n) is 19.4. The molecule has 0 spiro atoms. The third kappa shape index (κ3) is 5.28. The maximum Gasteiger partial charge on any atom is 0.357 e. The number of aryl methyl sites for hydroxylation is 1. The zero-order valence-corrected chi connectivity index (χ0v) is 21.0. The molecule has 9 heteroatoms. The standard InChI is InChI=1S/C25H27ClN2O5S/c1-4-6-7-22-27-24(34-18-10-8-17(30-3)9-11-18)23(25(29)31-5-2)28(22)14-16-12-20-21(13-19(16)26)33-15-32-20/h8-13H,4-7,14-15H2,1-3H3. The number of esters is 1. The SMILES string of the molecule is CCCCc1nc(Sc2ccc(OC)cc2)c(C(=O)OCC)n1Cc1cc2c(cc1Cl)OCO2. The van der Waals surface area contributed by atoms with Crippen molar-refractivity contribution >= 4 is 29.3 Å². The van der Waals surface area contributed by atoms with E-state index in [4.69, 9.17) is 35.5 Å². The van der Waals surface area contributed by atoms with Crippen LogP contribution in [0.2, 0.25) is 5.02 Å². The highest BCUT2D eigenvalue weighted by Gasteiger charge is 2.26. The summed E-state index contributed by atoms with van der Waals surface area (Å²) in [7, 11) is 1.63. The Morgan fingerprint density at radius 1 is 1.18 bits per heavy atom. The lowest BCUT2D eigenvalue weighted by Gasteiger charge is -2.14. The Labute approximate surface area is 208 Å².